The molecule has 98 valence electrons. The van der Waals surface area contributed by atoms with Gasteiger partial charge in [0.05, 0.1) is 12.1 Å². The predicted octanol–water partition coefficient (Wildman–Crippen LogP) is 2.26. The average molecular weight is 334 g/mol. The van der Waals surface area contributed by atoms with Crippen LogP contribution in [0.4, 0.5) is 0 Å². The van der Waals surface area contributed by atoms with Crippen LogP contribution in [-0.2, 0) is 4.79 Å². The van der Waals surface area contributed by atoms with E-state index in [1.54, 1.807) is 39.3 Å². The smallest absolute Gasteiger partial charge is 0.255 e. The van der Waals surface area contributed by atoms with Gasteiger partial charge in [-0.3, -0.25) is 9.59 Å². The number of hydrogen-bond acceptors (Lipinski definition) is 2. The normalized spacial score (nSPS) is 10.1. The third-order valence-electron chi connectivity index (χ3n) is 2.38. The van der Waals surface area contributed by atoms with Crippen LogP contribution >= 0.6 is 27.5 Å². The Morgan fingerprint density at radius 2 is 1.89 bits per heavy atom. The molecule has 1 aromatic rings. The quantitative estimate of drug-likeness (QED) is 0.851. The van der Waals surface area contributed by atoms with E-state index < -0.39 is 0 Å². The molecule has 1 aromatic carbocycles. The SMILES string of the molecule is CN(C)C(=O)CN(C)C(=O)c1cc(Cl)ccc1Br. The lowest BCUT2D eigenvalue weighted by atomic mass is 10.2. The minimum Gasteiger partial charge on any atom is -0.347 e. The van der Waals surface area contributed by atoms with Crippen molar-refractivity contribution in [1.82, 2.24) is 9.80 Å². The second-order valence-electron chi connectivity index (χ2n) is 4.07. The van der Waals surface area contributed by atoms with Gasteiger partial charge in [0.1, 0.15) is 0 Å². The number of rotatable bonds is 3. The number of benzene rings is 1. The highest BCUT2D eigenvalue weighted by molar-refractivity contribution is 9.10. The molecule has 0 aliphatic rings. The average Bonchev–Trinajstić information content (AvgIpc) is 2.31. The molecule has 0 saturated carbocycles. The maximum atomic E-state index is 12.1. The van der Waals surface area contributed by atoms with Crippen LogP contribution in [0.1, 0.15) is 10.4 Å². The zero-order valence-corrected chi connectivity index (χ0v) is 12.7. The summed E-state index contributed by atoms with van der Waals surface area (Å²) in [7, 11) is 4.88. The second kappa shape index (κ2) is 6.20. The summed E-state index contributed by atoms with van der Waals surface area (Å²) in [6.07, 6.45) is 0. The molecule has 0 saturated heterocycles. The molecule has 0 fully saturated rings. The molecule has 0 heterocycles. The van der Waals surface area contributed by atoms with Gasteiger partial charge in [-0.25, -0.2) is 0 Å². The lowest BCUT2D eigenvalue weighted by Crippen LogP contribution is -2.37. The summed E-state index contributed by atoms with van der Waals surface area (Å²) in [5.74, 6) is -0.386. The Balaban J connectivity index is 2.87. The summed E-state index contributed by atoms with van der Waals surface area (Å²) in [5.41, 5.74) is 0.441. The van der Waals surface area contributed by atoms with Gasteiger partial charge in [-0.15, -0.1) is 0 Å². The van der Waals surface area contributed by atoms with Crippen molar-refractivity contribution in [3.8, 4) is 0 Å². The minimum absolute atomic E-state index is 0.0325. The summed E-state index contributed by atoms with van der Waals surface area (Å²) < 4.78 is 0.654. The van der Waals surface area contributed by atoms with Gasteiger partial charge in [-0.2, -0.15) is 0 Å². The first-order chi connectivity index (χ1) is 8.32. The maximum Gasteiger partial charge on any atom is 0.255 e. The number of hydrogen-bond donors (Lipinski definition) is 0. The summed E-state index contributed by atoms with van der Waals surface area (Å²) in [5, 5.41) is 0.480. The molecular weight excluding hydrogens is 320 g/mol. The van der Waals surface area contributed by atoms with Gasteiger partial charge in [0.15, 0.2) is 0 Å². The number of amides is 2. The van der Waals surface area contributed by atoms with Crippen molar-refractivity contribution in [2.24, 2.45) is 0 Å². The van der Waals surface area contributed by atoms with Gasteiger partial charge in [0, 0.05) is 30.6 Å². The van der Waals surface area contributed by atoms with Crippen molar-refractivity contribution in [2.45, 2.75) is 0 Å². The molecule has 0 radical (unpaired) electrons. The summed E-state index contributed by atoms with van der Waals surface area (Å²) >= 11 is 9.15. The fourth-order valence-corrected chi connectivity index (χ4v) is 1.87. The topological polar surface area (TPSA) is 40.6 Å². The zero-order chi connectivity index (χ0) is 13.9. The van der Waals surface area contributed by atoms with E-state index in [0.29, 0.717) is 15.1 Å². The van der Waals surface area contributed by atoms with Crippen LogP contribution < -0.4 is 0 Å². The van der Waals surface area contributed by atoms with Gasteiger partial charge in [0.2, 0.25) is 5.91 Å². The summed E-state index contributed by atoms with van der Waals surface area (Å²) in [6, 6.07) is 4.97. The lowest BCUT2D eigenvalue weighted by Gasteiger charge is -2.19. The first-order valence-corrected chi connectivity index (χ1v) is 6.40. The maximum absolute atomic E-state index is 12.1. The van der Waals surface area contributed by atoms with Gasteiger partial charge in [0.25, 0.3) is 5.91 Å². The van der Waals surface area contributed by atoms with Crippen LogP contribution in [0.15, 0.2) is 22.7 Å². The molecular formula is C12H14BrClN2O2. The monoisotopic (exact) mass is 332 g/mol. The van der Waals surface area contributed by atoms with E-state index in [9.17, 15) is 9.59 Å². The van der Waals surface area contributed by atoms with E-state index >= 15 is 0 Å². The third-order valence-corrected chi connectivity index (χ3v) is 3.30. The molecule has 1 rings (SSSR count). The van der Waals surface area contributed by atoms with E-state index in [4.69, 9.17) is 11.6 Å². The standard InChI is InChI=1S/C12H14BrClN2O2/c1-15(2)11(17)7-16(3)12(18)9-6-8(14)4-5-10(9)13/h4-6H,7H2,1-3H3. The molecule has 0 unspecified atom stereocenters. The van der Waals surface area contributed by atoms with Crippen LogP contribution in [0, 0.1) is 0 Å². The number of carbonyl (C=O) groups excluding carboxylic acids is 2. The second-order valence-corrected chi connectivity index (χ2v) is 5.36. The van der Waals surface area contributed by atoms with Crippen LogP contribution in [0.5, 0.6) is 0 Å². The predicted molar refractivity (Wildman–Crippen MR) is 74.8 cm³/mol. The summed E-state index contributed by atoms with van der Waals surface area (Å²) in [6.45, 7) is 0.0325. The van der Waals surface area contributed by atoms with Gasteiger partial charge in [-0.1, -0.05) is 11.6 Å². The van der Waals surface area contributed by atoms with Crippen LogP contribution in [0.25, 0.3) is 0 Å². The molecule has 4 nitrogen and oxygen atoms in total. The van der Waals surface area contributed by atoms with Crippen molar-refractivity contribution < 1.29 is 9.59 Å². The number of nitrogens with zero attached hydrogens (tertiary/aromatic N) is 2. The molecule has 0 aromatic heterocycles. The molecule has 0 aliphatic carbocycles. The fraction of sp³-hybridized carbons (Fsp3) is 0.333. The Hall–Kier alpha value is -1.07. The molecule has 0 spiro atoms. The molecule has 0 bridgehead atoms. The van der Waals surface area contributed by atoms with Gasteiger partial charge >= 0.3 is 0 Å². The van der Waals surface area contributed by atoms with E-state index in [-0.39, 0.29) is 18.4 Å². The van der Waals surface area contributed by atoms with E-state index in [2.05, 4.69) is 15.9 Å². The Labute approximate surface area is 120 Å². The van der Waals surface area contributed by atoms with Crippen LogP contribution in [-0.4, -0.2) is 49.3 Å². The lowest BCUT2D eigenvalue weighted by molar-refractivity contribution is -0.129. The highest BCUT2D eigenvalue weighted by Crippen LogP contribution is 2.22. The zero-order valence-electron chi connectivity index (χ0n) is 10.4. The Morgan fingerprint density at radius 1 is 1.28 bits per heavy atom. The van der Waals surface area contributed by atoms with Crippen molar-refractivity contribution in [1.29, 1.82) is 0 Å². The molecule has 2 amide bonds. The van der Waals surface area contributed by atoms with Crippen LogP contribution in [0.2, 0.25) is 5.02 Å². The fourth-order valence-electron chi connectivity index (χ4n) is 1.28. The number of carbonyl (C=O) groups is 2. The third kappa shape index (κ3) is 3.71. The van der Waals surface area contributed by atoms with Crippen molar-refractivity contribution >= 4 is 39.3 Å². The van der Waals surface area contributed by atoms with E-state index in [1.165, 1.54) is 9.80 Å². The molecule has 0 N–H and O–H groups in total. The molecule has 18 heavy (non-hydrogen) atoms. The summed E-state index contributed by atoms with van der Waals surface area (Å²) in [4.78, 5) is 26.5. The highest BCUT2D eigenvalue weighted by atomic mass is 79.9. The highest BCUT2D eigenvalue weighted by Gasteiger charge is 2.18. The van der Waals surface area contributed by atoms with Crippen molar-refractivity contribution in [3.05, 3.63) is 33.3 Å². The van der Waals surface area contributed by atoms with Gasteiger partial charge < -0.3 is 9.80 Å². The Kier molecular flexibility index (Phi) is 5.16. The number of likely N-dealkylation sites (N-methyl/N-ethyl adjacent to an activating group) is 2. The Morgan fingerprint density at radius 3 is 2.44 bits per heavy atom. The Bertz CT molecular complexity index is 477. The first-order valence-electron chi connectivity index (χ1n) is 5.23. The van der Waals surface area contributed by atoms with Crippen molar-refractivity contribution in [3.63, 3.8) is 0 Å². The minimum atomic E-state index is -0.250. The van der Waals surface area contributed by atoms with E-state index in [0.717, 1.165) is 0 Å². The number of halogens is 2. The van der Waals surface area contributed by atoms with Crippen LogP contribution in [0.3, 0.4) is 0 Å². The van der Waals surface area contributed by atoms with E-state index in [1.807, 2.05) is 0 Å². The molecule has 6 heteroatoms. The van der Waals surface area contributed by atoms with Crippen molar-refractivity contribution in [2.75, 3.05) is 27.7 Å². The molecule has 0 atom stereocenters. The van der Waals surface area contributed by atoms with Gasteiger partial charge in [-0.05, 0) is 34.1 Å². The first kappa shape index (κ1) is 15.0. The molecule has 0 aliphatic heterocycles. The largest absolute Gasteiger partial charge is 0.347 e.